The number of ether oxygens (including phenoxy) is 2. The molecule has 0 saturated heterocycles. The van der Waals surface area contributed by atoms with Gasteiger partial charge in [-0.05, 0) is 12.8 Å². The molecule has 0 rings (SSSR count). The molecule has 0 aliphatic carbocycles. The van der Waals surface area contributed by atoms with Gasteiger partial charge in [0.15, 0.2) is 0 Å². The van der Waals surface area contributed by atoms with Gasteiger partial charge < -0.3 is 15.2 Å². The van der Waals surface area contributed by atoms with Gasteiger partial charge in [-0.1, -0.05) is 20.3 Å². The highest BCUT2D eigenvalue weighted by Crippen LogP contribution is 1.95. The molecule has 0 aromatic rings. The van der Waals surface area contributed by atoms with Crippen molar-refractivity contribution in [1.82, 2.24) is 0 Å². The minimum Gasteiger partial charge on any atom is -0.462 e. The van der Waals surface area contributed by atoms with E-state index in [0.717, 1.165) is 12.8 Å². The first-order valence-corrected chi connectivity index (χ1v) is 5.22. The van der Waals surface area contributed by atoms with Gasteiger partial charge in [-0.2, -0.15) is 0 Å². The van der Waals surface area contributed by atoms with Crippen molar-refractivity contribution in [3.63, 3.8) is 0 Å². The molecule has 0 aliphatic rings. The van der Waals surface area contributed by atoms with Crippen LogP contribution in [0.3, 0.4) is 0 Å². The molecule has 0 radical (unpaired) electrons. The van der Waals surface area contributed by atoms with Gasteiger partial charge in [0.2, 0.25) is 0 Å². The quantitative estimate of drug-likeness (QED) is 0.473. The lowest BCUT2D eigenvalue weighted by Gasteiger charge is -2.10. The van der Waals surface area contributed by atoms with E-state index < -0.39 is 6.04 Å². The van der Waals surface area contributed by atoms with Crippen LogP contribution < -0.4 is 5.73 Å². The zero-order chi connectivity index (χ0) is 10.8. The predicted molar refractivity (Wildman–Crippen MR) is 55.0 cm³/mol. The van der Waals surface area contributed by atoms with Gasteiger partial charge in [0.25, 0.3) is 0 Å². The number of carbonyl (C=O) groups excluding carboxylic acids is 1. The molecule has 2 N–H and O–H groups in total. The van der Waals surface area contributed by atoms with Crippen LogP contribution in [0.4, 0.5) is 0 Å². The Bertz CT molecular complexity index is 150. The molecule has 0 aromatic heterocycles. The van der Waals surface area contributed by atoms with E-state index in [0.29, 0.717) is 26.2 Å². The van der Waals surface area contributed by atoms with E-state index in [9.17, 15) is 4.79 Å². The Morgan fingerprint density at radius 2 is 1.93 bits per heavy atom. The SMILES string of the molecule is CCCOCCOC(=O)[C@@H](N)CCC. The Morgan fingerprint density at radius 3 is 2.50 bits per heavy atom. The van der Waals surface area contributed by atoms with E-state index in [4.69, 9.17) is 15.2 Å². The van der Waals surface area contributed by atoms with E-state index in [1.807, 2.05) is 13.8 Å². The number of nitrogens with two attached hydrogens (primary N) is 1. The van der Waals surface area contributed by atoms with Crippen molar-refractivity contribution in [2.75, 3.05) is 19.8 Å². The van der Waals surface area contributed by atoms with Gasteiger partial charge in [0, 0.05) is 6.61 Å². The Balaban J connectivity index is 3.34. The van der Waals surface area contributed by atoms with Gasteiger partial charge >= 0.3 is 5.97 Å². The highest BCUT2D eigenvalue weighted by atomic mass is 16.6. The summed E-state index contributed by atoms with van der Waals surface area (Å²) in [6, 6.07) is -0.480. The summed E-state index contributed by atoms with van der Waals surface area (Å²) in [7, 11) is 0. The second-order valence-corrected chi connectivity index (χ2v) is 3.18. The van der Waals surface area contributed by atoms with E-state index in [1.54, 1.807) is 0 Å². The predicted octanol–water partition coefficient (Wildman–Crippen LogP) is 1.08. The maximum atomic E-state index is 11.2. The van der Waals surface area contributed by atoms with E-state index in [-0.39, 0.29) is 5.97 Å². The van der Waals surface area contributed by atoms with Crippen molar-refractivity contribution < 1.29 is 14.3 Å². The normalized spacial score (nSPS) is 12.5. The van der Waals surface area contributed by atoms with Crippen LogP contribution in [0, 0.1) is 0 Å². The maximum Gasteiger partial charge on any atom is 0.322 e. The molecule has 0 heterocycles. The number of hydrogen-bond acceptors (Lipinski definition) is 4. The topological polar surface area (TPSA) is 61.5 Å². The highest BCUT2D eigenvalue weighted by Gasteiger charge is 2.12. The van der Waals surface area contributed by atoms with Gasteiger partial charge in [-0.25, -0.2) is 0 Å². The summed E-state index contributed by atoms with van der Waals surface area (Å²) in [6.07, 6.45) is 2.54. The second-order valence-electron chi connectivity index (χ2n) is 3.18. The number of carbonyl (C=O) groups is 1. The first-order chi connectivity index (χ1) is 6.72. The highest BCUT2D eigenvalue weighted by molar-refractivity contribution is 5.75. The van der Waals surface area contributed by atoms with E-state index in [1.165, 1.54) is 0 Å². The van der Waals surface area contributed by atoms with Crippen LogP contribution in [0.1, 0.15) is 33.1 Å². The standard InChI is InChI=1S/C10H21NO3/c1-3-5-9(11)10(12)14-8-7-13-6-4-2/h9H,3-8,11H2,1-2H3/t9-/m0/s1. The summed E-state index contributed by atoms with van der Waals surface area (Å²) < 4.78 is 10.1. The molecule has 0 unspecified atom stereocenters. The van der Waals surface area contributed by atoms with Crippen molar-refractivity contribution in [1.29, 1.82) is 0 Å². The molecule has 0 amide bonds. The summed E-state index contributed by atoms with van der Waals surface area (Å²) in [5, 5.41) is 0. The summed E-state index contributed by atoms with van der Waals surface area (Å²) in [6.45, 7) is 5.48. The lowest BCUT2D eigenvalue weighted by molar-refractivity contribution is -0.146. The van der Waals surface area contributed by atoms with Crippen LogP contribution in [0.25, 0.3) is 0 Å². The van der Waals surface area contributed by atoms with Crippen LogP contribution in [0.2, 0.25) is 0 Å². The molecule has 0 saturated carbocycles. The molecule has 1 atom stereocenters. The Kier molecular flexibility index (Phi) is 8.57. The lowest BCUT2D eigenvalue weighted by Crippen LogP contribution is -2.32. The van der Waals surface area contributed by atoms with E-state index >= 15 is 0 Å². The fourth-order valence-corrected chi connectivity index (χ4v) is 0.983. The molecule has 4 heteroatoms. The smallest absolute Gasteiger partial charge is 0.322 e. The third-order valence-corrected chi connectivity index (χ3v) is 1.72. The van der Waals surface area contributed by atoms with Crippen LogP contribution in [0.15, 0.2) is 0 Å². The number of hydrogen-bond donors (Lipinski definition) is 1. The minimum absolute atomic E-state index is 0.302. The fraction of sp³-hybridized carbons (Fsp3) is 0.900. The lowest BCUT2D eigenvalue weighted by atomic mass is 10.2. The van der Waals surface area contributed by atoms with Crippen LogP contribution in [0.5, 0.6) is 0 Å². The molecular weight excluding hydrogens is 182 g/mol. The van der Waals surface area contributed by atoms with Crippen molar-refractivity contribution in [2.24, 2.45) is 5.73 Å². The first kappa shape index (κ1) is 13.4. The zero-order valence-corrected chi connectivity index (χ0v) is 9.12. The molecular formula is C10H21NO3. The molecule has 0 fully saturated rings. The van der Waals surface area contributed by atoms with Gasteiger partial charge in [-0.3, -0.25) is 4.79 Å². The molecule has 0 aromatic carbocycles. The Labute approximate surface area is 85.8 Å². The third kappa shape index (κ3) is 6.86. The second kappa shape index (κ2) is 8.97. The maximum absolute atomic E-state index is 11.2. The van der Waals surface area contributed by atoms with Crippen LogP contribution >= 0.6 is 0 Å². The summed E-state index contributed by atoms with van der Waals surface area (Å²) in [4.78, 5) is 11.2. The van der Waals surface area contributed by atoms with Gasteiger partial charge in [0.05, 0.1) is 6.61 Å². The molecule has 0 spiro atoms. The number of esters is 1. The Hall–Kier alpha value is -0.610. The van der Waals surface area contributed by atoms with E-state index in [2.05, 4.69) is 0 Å². The van der Waals surface area contributed by atoms with Crippen LogP contribution in [-0.2, 0) is 14.3 Å². The average molecular weight is 203 g/mol. The summed E-state index contributed by atoms with van der Waals surface area (Å²) in [5.41, 5.74) is 5.55. The van der Waals surface area contributed by atoms with Crippen LogP contribution in [-0.4, -0.2) is 31.8 Å². The molecule has 84 valence electrons. The third-order valence-electron chi connectivity index (χ3n) is 1.72. The minimum atomic E-state index is -0.480. The van der Waals surface area contributed by atoms with Crippen molar-refractivity contribution in [3.8, 4) is 0 Å². The van der Waals surface area contributed by atoms with Gasteiger partial charge in [-0.15, -0.1) is 0 Å². The van der Waals surface area contributed by atoms with Crippen molar-refractivity contribution >= 4 is 5.97 Å². The average Bonchev–Trinajstić information content (AvgIpc) is 2.17. The molecule has 0 bridgehead atoms. The first-order valence-electron chi connectivity index (χ1n) is 5.22. The molecule has 14 heavy (non-hydrogen) atoms. The summed E-state index contributed by atoms with van der Waals surface area (Å²) >= 11 is 0. The summed E-state index contributed by atoms with van der Waals surface area (Å²) in [5.74, 6) is -0.327. The largest absolute Gasteiger partial charge is 0.462 e. The van der Waals surface area contributed by atoms with Crippen molar-refractivity contribution in [2.45, 2.75) is 39.2 Å². The monoisotopic (exact) mass is 203 g/mol. The molecule has 0 aliphatic heterocycles. The molecule has 4 nitrogen and oxygen atoms in total. The van der Waals surface area contributed by atoms with Gasteiger partial charge in [0.1, 0.15) is 12.6 Å². The fourth-order valence-electron chi connectivity index (χ4n) is 0.983. The number of rotatable bonds is 8. The van der Waals surface area contributed by atoms with Crippen molar-refractivity contribution in [3.05, 3.63) is 0 Å². The zero-order valence-electron chi connectivity index (χ0n) is 9.12. The Morgan fingerprint density at radius 1 is 1.21 bits per heavy atom.